The van der Waals surface area contributed by atoms with Crippen molar-refractivity contribution in [3.63, 3.8) is 0 Å². The molecule has 0 saturated carbocycles. The summed E-state index contributed by atoms with van der Waals surface area (Å²) < 4.78 is 0.900. The molecule has 8 heteroatoms. The van der Waals surface area contributed by atoms with E-state index in [-0.39, 0.29) is 28.0 Å². The molecular formula is C15H13N5O3. The lowest BCUT2D eigenvalue weighted by Gasteiger charge is -2.13. The van der Waals surface area contributed by atoms with Gasteiger partial charge in [0, 0.05) is 12.6 Å². The zero-order valence-electron chi connectivity index (χ0n) is 12.2. The number of nitrogens with one attached hydrogen (secondary N) is 1. The summed E-state index contributed by atoms with van der Waals surface area (Å²) in [6.45, 7) is 0. The van der Waals surface area contributed by atoms with E-state index in [9.17, 15) is 14.4 Å². The molecule has 0 spiro atoms. The van der Waals surface area contributed by atoms with Gasteiger partial charge in [0.1, 0.15) is 11.5 Å². The topological polar surface area (TPSA) is 137 Å². The molecule has 116 valence electrons. The van der Waals surface area contributed by atoms with Crippen LogP contribution in [0.25, 0.3) is 22.2 Å². The van der Waals surface area contributed by atoms with E-state index < -0.39 is 17.2 Å². The molecule has 0 unspecified atom stereocenters. The molecule has 3 aromatic rings. The van der Waals surface area contributed by atoms with Crippen LogP contribution in [0.5, 0.6) is 0 Å². The number of rotatable bonds is 2. The van der Waals surface area contributed by atoms with Crippen molar-refractivity contribution in [2.24, 2.45) is 12.8 Å². The molecule has 0 atom stereocenters. The Kier molecular flexibility index (Phi) is 3.21. The van der Waals surface area contributed by atoms with Crippen molar-refractivity contribution in [1.29, 1.82) is 0 Å². The average Bonchev–Trinajstić information content (AvgIpc) is 2.52. The second-order valence-electron chi connectivity index (χ2n) is 5.00. The van der Waals surface area contributed by atoms with Crippen molar-refractivity contribution >= 4 is 22.8 Å². The van der Waals surface area contributed by atoms with Gasteiger partial charge < -0.3 is 11.5 Å². The lowest BCUT2D eigenvalue weighted by atomic mass is 9.97. The van der Waals surface area contributed by atoms with Crippen molar-refractivity contribution in [2.75, 3.05) is 5.73 Å². The number of benzene rings is 1. The second kappa shape index (κ2) is 5.09. The highest BCUT2D eigenvalue weighted by atomic mass is 16.2. The third-order valence-electron chi connectivity index (χ3n) is 3.58. The number of carbonyl (C=O) groups is 1. The molecule has 8 nitrogen and oxygen atoms in total. The summed E-state index contributed by atoms with van der Waals surface area (Å²) in [6.07, 6.45) is 0. The van der Waals surface area contributed by atoms with E-state index in [1.165, 1.54) is 7.05 Å². The fourth-order valence-electron chi connectivity index (χ4n) is 2.49. The minimum absolute atomic E-state index is 0.0134. The number of H-pyrrole nitrogens is 1. The first kappa shape index (κ1) is 14.5. The van der Waals surface area contributed by atoms with E-state index in [0.29, 0.717) is 5.56 Å². The Bertz CT molecular complexity index is 1050. The fraction of sp³-hybridized carbons (Fsp3) is 0.0667. The van der Waals surface area contributed by atoms with Crippen LogP contribution in [-0.4, -0.2) is 20.4 Å². The zero-order valence-corrected chi connectivity index (χ0v) is 12.2. The predicted molar refractivity (Wildman–Crippen MR) is 86.0 cm³/mol. The van der Waals surface area contributed by atoms with Gasteiger partial charge in [-0.05, 0) is 5.56 Å². The number of aromatic nitrogens is 3. The molecule has 0 aliphatic heterocycles. The Balaban J connectivity index is 2.64. The van der Waals surface area contributed by atoms with Crippen LogP contribution < -0.4 is 22.7 Å². The Morgan fingerprint density at radius 3 is 2.48 bits per heavy atom. The summed E-state index contributed by atoms with van der Waals surface area (Å²) in [6, 6.07) is 8.72. The molecule has 0 aliphatic carbocycles. The average molecular weight is 311 g/mol. The van der Waals surface area contributed by atoms with Crippen LogP contribution in [0, 0.1) is 0 Å². The van der Waals surface area contributed by atoms with Crippen LogP contribution in [0.15, 0.2) is 39.9 Å². The summed E-state index contributed by atoms with van der Waals surface area (Å²) in [4.78, 5) is 42.6. The first-order valence-electron chi connectivity index (χ1n) is 6.69. The van der Waals surface area contributed by atoms with Gasteiger partial charge in [-0.1, -0.05) is 30.3 Å². The van der Waals surface area contributed by atoms with E-state index in [4.69, 9.17) is 11.5 Å². The third kappa shape index (κ3) is 2.16. The van der Waals surface area contributed by atoms with Crippen molar-refractivity contribution in [3.05, 3.63) is 56.7 Å². The molecule has 0 bridgehead atoms. The number of nitrogens with two attached hydrogens (primary N) is 2. The molecule has 0 fully saturated rings. The molecule has 0 aliphatic rings. The van der Waals surface area contributed by atoms with Crippen LogP contribution in [0.3, 0.4) is 0 Å². The summed E-state index contributed by atoms with van der Waals surface area (Å²) in [5.74, 6) is -0.947. The highest BCUT2D eigenvalue weighted by molar-refractivity contribution is 6.10. The fourth-order valence-corrected chi connectivity index (χ4v) is 2.49. The molecule has 0 saturated heterocycles. The third-order valence-corrected chi connectivity index (χ3v) is 3.58. The minimum atomic E-state index is -0.802. The van der Waals surface area contributed by atoms with Gasteiger partial charge in [-0.25, -0.2) is 9.78 Å². The Labute approximate surface area is 129 Å². The molecule has 1 amide bonds. The summed E-state index contributed by atoms with van der Waals surface area (Å²) in [5, 5.41) is 0.0845. The zero-order chi connectivity index (χ0) is 16.7. The highest BCUT2D eigenvalue weighted by Gasteiger charge is 2.22. The van der Waals surface area contributed by atoms with E-state index in [1.807, 2.05) is 0 Å². The van der Waals surface area contributed by atoms with Crippen molar-refractivity contribution in [3.8, 4) is 11.1 Å². The van der Waals surface area contributed by atoms with Crippen LogP contribution in [0.1, 0.15) is 10.4 Å². The largest absolute Gasteiger partial charge is 0.383 e. The van der Waals surface area contributed by atoms with Gasteiger partial charge in [-0.2, -0.15) is 0 Å². The number of nitrogens with zero attached hydrogens (tertiary/aromatic N) is 2. The standard InChI is InChI=1S/C15H13N5O3/c1-20-14(22)10-8(7-5-3-2-4-6-7)9(12(17)21)11(16)18-13(10)19-15(20)23/h2-6H,1H3,(H2,17,21)(H3,16,18,19,23). The number of fused-ring (bicyclic) bond motifs is 1. The smallest absolute Gasteiger partial charge is 0.329 e. The van der Waals surface area contributed by atoms with Gasteiger partial charge in [-0.3, -0.25) is 19.1 Å². The molecular weight excluding hydrogens is 298 g/mol. The number of amides is 1. The number of hydrogen-bond acceptors (Lipinski definition) is 5. The number of pyridine rings is 1. The maximum atomic E-state index is 12.5. The molecule has 1 aromatic carbocycles. The number of anilines is 1. The van der Waals surface area contributed by atoms with Gasteiger partial charge in [0.2, 0.25) is 0 Å². The number of primary amides is 1. The lowest BCUT2D eigenvalue weighted by Crippen LogP contribution is -2.33. The predicted octanol–water partition coefficient (Wildman–Crippen LogP) is -0.0301. The van der Waals surface area contributed by atoms with E-state index in [2.05, 4.69) is 9.97 Å². The molecule has 5 N–H and O–H groups in total. The van der Waals surface area contributed by atoms with Crippen molar-refractivity contribution in [2.45, 2.75) is 0 Å². The van der Waals surface area contributed by atoms with E-state index >= 15 is 0 Å². The van der Waals surface area contributed by atoms with Gasteiger partial charge in [0.25, 0.3) is 11.5 Å². The molecule has 0 radical (unpaired) electrons. The minimum Gasteiger partial charge on any atom is -0.383 e. The first-order valence-corrected chi connectivity index (χ1v) is 6.69. The Hall–Kier alpha value is -3.42. The SMILES string of the molecule is Cn1c(=O)[nH]c2nc(N)c(C(N)=O)c(-c3ccccc3)c2c1=O. The van der Waals surface area contributed by atoms with Crippen LogP contribution in [0.4, 0.5) is 5.82 Å². The number of hydrogen-bond donors (Lipinski definition) is 3. The molecule has 2 aromatic heterocycles. The Morgan fingerprint density at radius 1 is 1.22 bits per heavy atom. The van der Waals surface area contributed by atoms with Gasteiger partial charge >= 0.3 is 5.69 Å². The van der Waals surface area contributed by atoms with Crippen molar-refractivity contribution < 1.29 is 4.79 Å². The monoisotopic (exact) mass is 311 g/mol. The summed E-state index contributed by atoms with van der Waals surface area (Å²) >= 11 is 0. The quantitative estimate of drug-likeness (QED) is 0.610. The Morgan fingerprint density at radius 2 is 1.87 bits per heavy atom. The maximum absolute atomic E-state index is 12.5. The second-order valence-corrected chi connectivity index (χ2v) is 5.00. The normalized spacial score (nSPS) is 10.8. The van der Waals surface area contributed by atoms with Crippen molar-refractivity contribution in [1.82, 2.24) is 14.5 Å². The molecule has 23 heavy (non-hydrogen) atoms. The van der Waals surface area contributed by atoms with Gasteiger partial charge in [-0.15, -0.1) is 0 Å². The maximum Gasteiger partial charge on any atom is 0.329 e. The summed E-state index contributed by atoms with van der Waals surface area (Å²) in [7, 11) is 1.33. The van der Waals surface area contributed by atoms with Gasteiger partial charge in [0.05, 0.1) is 10.9 Å². The van der Waals surface area contributed by atoms with E-state index in [1.54, 1.807) is 30.3 Å². The molecule has 2 heterocycles. The number of aromatic amines is 1. The van der Waals surface area contributed by atoms with E-state index in [0.717, 1.165) is 4.57 Å². The lowest BCUT2D eigenvalue weighted by molar-refractivity contribution is 0.100. The van der Waals surface area contributed by atoms with Crippen LogP contribution in [0.2, 0.25) is 0 Å². The van der Waals surface area contributed by atoms with Gasteiger partial charge in [0.15, 0.2) is 0 Å². The summed E-state index contributed by atoms with van der Waals surface area (Å²) in [5.41, 5.74) is 10.8. The van der Waals surface area contributed by atoms with Crippen LogP contribution in [-0.2, 0) is 7.05 Å². The first-order chi connectivity index (χ1) is 10.9. The number of carbonyl (C=O) groups excluding carboxylic acids is 1. The number of nitrogen functional groups attached to an aromatic ring is 1. The highest BCUT2D eigenvalue weighted by Crippen LogP contribution is 2.31. The molecule has 3 rings (SSSR count). The van der Waals surface area contributed by atoms with Crippen LogP contribution >= 0.6 is 0 Å².